The minimum absolute atomic E-state index is 0.202. The summed E-state index contributed by atoms with van der Waals surface area (Å²) in [5.41, 5.74) is 0. The number of hydrogen-bond acceptors (Lipinski definition) is 4. The molecule has 1 amide bonds. The second-order valence-corrected chi connectivity index (χ2v) is 3.78. The van der Waals surface area contributed by atoms with Crippen LogP contribution in [0, 0.1) is 0 Å². The summed E-state index contributed by atoms with van der Waals surface area (Å²) in [6, 6.07) is 3.55. The largest absolute Gasteiger partial charge is 0.492 e. The first-order valence-corrected chi connectivity index (χ1v) is 5.58. The molecule has 0 atom stereocenters. The van der Waals surface area contributed by atoms with Gasteiger partial charge in [0.15, 0.2) is 0 Å². The number of pyridine rings is 1. The van der Waals surface area contributed by atoms with Crippen LogP contribution < -0.4 is 4.74 Å². The molecular weight excluding hydrogens is 236 g/mol. The summed E-state index contributed by atoms with van der Waals surface area (Å²) in [7, 11) is 1.47. The van der Waals surface area contributed by atoms with Crippen LogP contribution in [0.1, 0.15) is 12.8 Å². The van der Waals surface area contributed by atoms with E-state index in [4.69, 9.17) is 9.84 Å². The molecule has 0 aliphatic carbocycles. The normalized spacial score (nSPS) is 9.83. The lowest BCUT2D eigenvalue weighted by Crippen LogP contribution is -2.31. The number of carbonyl (C=O) groups excluding carboxylic acids is 1. The first-order chi connectivity index (χ1) is 8.59. The Kier molecular flexibility index (Phi) is 5.63. The van der Waals surface area contributed by atoms with E-state index in [2.05, 4.69) is 4.98 Å². The van der Waals surface area contributed by atoms with Crippen molar-refractivity contribution >= 4 is 11.9 Å². The Bertz CT molecular complexity index is 394. The van der Waals surface area contributed by atoms with Gasteiger partial charge in [0.25, 0.3) is 0 Å². The maximum atomic E-state index is 11.5. The van der Waals surface area contributed by atoms with Gasteiger partial charge in [-0.1, -0.05) is 0 Å². The summed E-state index contributed by atoms with van der Waals surface area (Å²) < 4.78 is 5.37. The molecule has 0 spiro atoms. The quantitative estimate of drug-likeness (QED) is 0.725. The number of rotatable bonds is 7. The number of likely N-dealkylation sites (N-methyl/N-ethyl adjacent to an activating group) is 1. The zero-order chi connectivity index (χ0) is 13.4. The zero-order valence-corrected chi connectivity index (χ0v) is 10.2. The van der Waals surface area contributed by atoms with Crippen molar-refractivity contribution in [3.63, 3.8) is 0 Å². The van der Waals surface area contributed by atoms with Crippen molar-refractivity contribution in [2.75, 3.05) is 20.2 Å². The van der Waals surface area contributed by atoms with Gasteiger partial charge in [-0.05, 0) is 18.6 Å². The van der Waals surface area contributed by atoms with E-state index in [0.717, 1.165) is 0 Å². The number of carbonyl (C=O) groups is 2. The van der Waals surface area contributed by atoms with Crippen molar-refractivity contribution in [2.24, 2.45) is 0 Å². The average molecular weight is 252 g/mol. The van der Waals surface area contributed by atoms with Crippen LogP contribution in [-0.4, -0.2) is 47.1 Å². The molecule has 0 bridgehead atoms. The summed E-state index contributed by atoms with van der Waals surface area (Å²) in [6.45, 7) is 0.126. The zero-order valence-electron chi connectivity index (χ0n) is 10.2. The molecule has 0 aliphatic heterocycles. The molecule has 1 N–H and O–H groups in total. The van der Waals surface area contributed by atoms with Crippen LogP contribution in [0.3, 0.4) is 0 Å². The van der Waals surface area contributed by atoms with E-state index < -0.39 is 5.97 Å². The average Bonchev–Trinajstić information content (AvgIpc) is 2.34. The molecule has 0 aliphatic rings. The fourth-order valence-corrected chi connectivity index (χ4v) is 1.33. The number of aliphatic carboxylic acids is 1. The fourth-order valence-electron chi connectivity index (χ4n) is 1.33. The third-order valence-electron chi connectivity index (χ3n) is 2.24. The maximum absolute atomic E-state index is 11.5. The monoisotopic (exact) mass is 252 g/mol. The van der Waals surface area contributed by atoms with E-state index >= 15 is 0 Å². The van der Waals surface area contributed by atoms with Crippen molar-refractivity contribution in [1.29, 1.82) is 0 Å². The molecule has 1 rings (SSSR count). The van der Waals surface area contributed by atoms with Crippen LogP contribution in [0.15, 0.2) is 24.5 Å². The topological polar surface area (TPSA) is 79.7 Å². The van der Waals surface area contributed by atoms with Crippen molar-refractivity contribution in [3.8, 4) is 5.75 Å². The van der Waals surface area contributed by atoms with E-state index in [1.54, 1.807) is 24.5 Å². The molecule has 0 fully saturated rings. The van der Waals surface area contributed by atoms with Gasteiger partial charge in [-0.15, -0.1) is 0 Å². The lowest BCUT2D eigenvalue weighted by molar-refractivity contribution is -0.143. The summed E-state index contributed by atoms with van der Waals surface area (Å²) in [4.78, 5) is 27.0. The molecule has 0 radical (unpaired) electrons. The van der Waals surface area contributed by atoms with Gasteiger partial charge < -0.3 is 14.7 Å². The minimum atomic E-state index is -1.02. The molecule has 1 aromatic heterocycles. The minimum Gasteiger partial charge on any atom is -0.492 e. The van der Waals surface area contributed by atoms with Gasteiger partial charge in [0, 0.05) is 19.7 Å². The molecule has 6 heteroatoms. The molecule has 0 saturated heterocycles. The molecule has 0 unspecified atom stereocenters. The van der Waals surface area contributed by atoms with E-state index in [1.807, 2.05) is 0 Å². The first kappa shape index (κ1) is 14.0. The van der Waals surface area contributed by atoms with Crippen LogP contribution in [0.5, 0.6) is 5.75 Å². The molecule has 6 nitrogen and oxygen atoms in total. The Morgan fingerprint density at radius 3 is 2.89 bits per heavy atom. The number of hydrogen-bond donors (Lipinski definition) is 1. The lowest BCUT2D eigenvalue weighted by Gasteiger charge is -2.14. The third-order valence-corrected chi connectivity index (χ3v) is 2.24. The van der Waals surface area contributed by atoms with Crippen LogP contribution in [0.2, 0.25) is 0 Å². The van der Waals surface area contributed by atoms with Crippen LogP contribution >= 0.6 is 0 Å². The molecule has 0 saturated carbocycles. The molecule has 1 heterocycles. The molecule has 0 aromatic carbocycles. The summed E-state index contributed by atoms with van der Waals surface area (Å²) in [6.07, 6.45) is 4.05. The number of nitrogens with zero attached hydrogens (tertiary/aromatic N) is 2. The predicted octanol–water partition coefficient (Wildman–Crippen LogP) is 0.784. The first-order valence-electron chi connectivity index (χ1n) is 5.58. The van der Waals surface area contributed by atoms with Gasteiger partial charge in [-0.25, -0.2) is 0 Å². The van der Waals surface area contributed by atoms with Crippen molar-refractivity contribution in [1.82, 2.24) is 9.88 Å². The van der Waals surface area contributed by atoms with Crippen molar-refractivity contribution < 1.29 is 19.4 Å². The third kappa shape index (κ3) is 5.29. The second-order valence-electron chi connectivity index (χ2n) is 3.78. The number of aromatic nitrogens is 1. The Morgan fingerprint density at radius 1 is 1.50 bits per heavy atom. The van der Waals surface area contributed by atoms with E-state index in [9.17, 15) is 9.59 Å². The highest BCUT2D eigenvalue weighted by Crippen LogP contribution is 2.07. The Morgan fingerprint density at radius 2 is 2.28 bits per heavy atom. The molecule has 18 heavy (non-hydrogen) atoms. The summed E-state index contributed by atoms with van der Waals surface area (Å²) in [5, 5.41) is 8.53. The van der Waals surface area contributed by atoms with Crippen LogP contribution in [0.25, 0.3) is 0 Å². The highest BCUT2D eigenvalue weighted by molar-refractivity contribution is 5.80. The summed E-state index contributed by atoms with van der Waals surface area (Å²) in [5.74, 6) is -0.562. The second kappa shape index (κ2) is 7.26. The number of carboxylic acid groups (broad SMARTS) is 1. The van der Waals surface area contributed by atoms with E-state index in [0.29, 0.717) is 18.8 Å². The van der Waals surface area contributed by atoms with Crippen LogP contribution in [0.4, 0.5) is 0 Å². The molecule has 1 aromatic rings. The van der Waals surface area contributed by atoms with E-state index in [-0.39, 0.29) is 18.9 Å². The van der Waals surface area contributed by atoms with Gasteiger partial charge in [0.05, 0.1) is 12.8 Å². The van der Waals surface area contributed by atoms with Gasteiger partial charge in [-0.2, -0.15) is 0 Å². The summed E-state index contributed by atoms with van der Waals surface area (Å²) >= 11 is 0. The Balaban J connectivity index is 2.18. The van der Waals surface area contributed by atoms with Crippen LogP contribution in [-0.2, 0) is 9.59 Å². The van der Waals surface area contributed by atoms with Crippen molar-refractivity contribution in [3.05, 3.63) is 24.5 Å². The highest BCUT2D eigenvalue weighted by Gasteiger charge is 2.11. The SMILES string of the molecule is CN(CC(=O)O)C(=O)CCCOc1cccnc1. The van der Waals surface area contributed by atoms with Gasteiger partial charge >= 0.3 is 5.97 Å². The maximum Gasteiger partial charge on any atom is 0.323 e. The number of carboxylic acids is 1. The lowest BCUT2D eigenvalue weighted by atomic mass is 10.3. The van der Waals surface area contributed by atoms with Gasteiger partial charge in [-0.3, -0.25) is 14.6 Å². The van der Waals surface area contributed by atoms with Gasteiger partial charge in [0.1, 0.15) is 12.3 Å². The predicted molar refractivity (Wildman–Crippen MR) is 64.2 cm³/mol. The molecular formula is C12H16N2O4. The molecule has 98 valence electrons. The standard InChI is InChI=1S/C12H16N2O4/c1-14(9-12(16)17)11(15)5-3-7-18-10-4-2-6-13-8-10/h2,4,6,8H,3,5,7,9H2,1H3,(H,16,17). The van der Waals surface area contributed by atoms with E-state index in [1.165, 1.54) is 11.9 Å². The Hall–Kier alpha value is -2.11. The fraction of sp³-hybridized carbons (Fsp3) is 0.417. The van der Waals surface area contributed by atoms with Crippen molar-refractivity contribution in [2.45, 2.75) is 12.8 Å². The Labute approximate surface area is 105 Å². The highest BCUT2D eigenvalue weighted by atomic mass is 16.5. The van der Waals surface area contributed by atoms with Gasteiger partial charge in [0.2, 0.25) is 5.91 Å². The number of ether oxygens (including phenoxy) is 1. The smallest absolute Gasteiger partial charge is 0.323 e. The number of amides is 1.